The predicted octanol–water partition coefficient (Wildman–Crippen LogP) is 4.92. The molecule has 0 radical (unpaired) electrons. The third kappa shape index (κ3) is 3.42. The molecule has 0 atom stereocenters. The summed E-state index contributed by atoms with van der Waals surface area (Å²) in [6.07, 6.45) is 1.90. The number of benzene rings is 2. The van der Waals surface area contributed by atoms with Crippen LogP contribution in [0.15, 0.2) is 72.9 Å². The van der Waals surface area contributed by atoms with Gasteiger partial charge >= 0.3 is 0 Å². The molecule has 0 spiro atoms. The zero-order valence-corrected chi connectivity index (χ0v) is 15.7. The summed E-state index contributed by atoms with van der Waals surface area (Å²) in [5.74, 6) is -0.968. The second-order valence-electron chi connectivity index (χ2n) is 6.24. The fourth-order valence-electron chi connectivity index (χ4n) is 2.92. The van der Waals surface area contributed by atoms with Gasteiger partial charge in [0.25, 0.3) is 5.91 Å². The van der Waals surface area contributed by atoms with Crippen molar-refractivity contribution in [3.63, 3.8) is 0 Å². The first-order chi connectivity index (χ1) is 13.5. The first kappa shape index (κ1) is 18.0. The van der Waals surface area contributed by atoms with Crippen LogP contribution in [0.3, 0.4) is 0 Å². The molecule has 0 unspecified atom stereocenters. The number of nitrogens with one attached hydrogen (secondary N) is 1. The Hall–Kier alpha value is -3.38. The molecular weight excluding hydrogens is 379 g/mol. The van der Waals surface area contributed by atoms with Gasteiger partial charge in [-0.25, -0.2) is 9.07 Å². The van der Waals surface area contributed by atoms with Gasteiger partial charge in [-0.3, -0.25) is 4.79 Å². The summed E-state index contributed by atoms with van der Waals surface area (Å²) in [6, 6.07) is 18.5. The molecule has 2 aromatic heterocycles. The Bertz CT molecular complexity index is 1150. The monoisotopic (exact) mass is 394 g/mol. The highest BCUT2D eigenvalue weighted by Gasteiger charge is 2.19. The average Bonchev–Trinajstić information content (AvgIpc) is 3.30. The highest BCUT2D eigenvalue weighted by molar-refractivity contribution is 6.30. The van der Waals surface area contributed by atoms with E-state index in [0.29, 0.717) is 16.4 Å². The van der Waals surface area contributed by atoms with Crippen molar-refractivity contribution < 1.29 is 9.18 Å². The van der Waals surface area contributed by atoms with Gasteiger partial charge in [-0.1, -0.05) is 23.7 Å². The molecule has 0 aliphatic rings. The van der Waals surface area contributed by atoms with E-state index in [2.05, 4.69) is 10.4 Å². The van der Waals surface area contributed by atoms with Crippen molar-refractivity contribution in [3.05, 3.63) is 89.5 Å². The number of carbonyl (C=O) groups is 1. The maximum atomic E-state index is 14.0. The molecule has 2 heterocycles. The lowest BCUT2D eigenvalue weighted by Crippen LogP contribution is -2.17. The number of rotatable bonds is 4. The zero-order chi connectivity index (χ0) is 19.7. The van der Waals surface area contributed by atoms with E-state index in [1.165, 1.54) is 16.8 Å². The van der Waals surface area contributed by atoms with Crippen LogP contribution >= 0.6 is 11.6 Å². The van der Waals surface area contributed by atoms with E-state index >= 15 is 0 Å². The number of carbonyl (C=O) groups excluding carboxylic acids is 1. The molecule has 140 valence electrons. The van der Waals surface area contributed by atoms with Crippen LogP contribution in [-0.2, 0) is 7.05 Å². The number of amides is 1. The summed E-state index contributed by atoms with van der Waals surface area (Å²) in [5.41, 5.74) is 2.54. The van der Waals surface area contributed by atoms with Crippen molar-refractivity contribution >= 4 is 23.2 Å². The van der Waals surface area contributed by atoms with Crippen molar-refractivity contribution in [2.24, 2.45) is 7.05 Å². The minimum Gasteiger partial charge on any atom is -0.349 e. The summed E-state index contributed by atoms with van der Waals surface area (Å²) < 4.78 is 17.4. The third-order valence-corrected chi connectivity index (χ3v) is 4.59. The maximum absolute atomic E-state index is 14.0. The second kappa shape index (κ2) is 7.32. The van der Waals surface area contributed by atoms with Gasteiger partial charge in [0.1, 0.15) is 17.2 Å². The van der Waals surface area contributed by atoms with Crippen LogP contribution in [-0.4, -0.2) is 20.3 Å². The SMILES string of the molecule is Cn1cccc1-c1cc(C(=O)Nc2ccccc2F)n(-c2ccc(Cl)cc2)n1. The lowest BCUT2D eigenvalue weighted by Gasteiger charge is -2.09. The normalized spacial score (nSPS) is 10.8. The van der Waals surface area contributed by atoms with Crippen molar-refractivity contribution in [3.8, 4) is 17.1 Å². The molecule has 0 aliphatic carbocycles. The number of nitrogens with zero attached hydrogens (tertiary/aromatic N) is 3. The molecular formula is C21H16ClFN4O. The van der Waals surface area contributed by atoms with Crippen molar-refractivity contribution in [2.75, 3.05) is 5.32 Å². The standard InChI is InChI=1S/C21H16ClFN4O/c1-26-12-4-7-19(26)18-13-20(21(28)24-17-6-3-2-5-16(17)23)27(25-18)15-10-8-14(22)9-11-15/h2-13H,1H3,(H,24,28). The molecule has 7 heteroatoms. The number of halogens is 2. The Morgan fingerprint density at radius 2 is 1.82 bits per heavy atom. The Morgan fingerprint density at radius 1 is 1.07 bits per heavy atom. The lowest BCUT2D eigenvalue weighted by atomic mass is 10.2. The van der Waals surface area contributed by atoms with Gasteiger partial charge in [0, 0.05) is 18.3 Å². The number of para-hydroxylation sites is 1. The van der Waals surface area contributed by atoms with Gasteiger partial charge in [-0.05, 0) is 54.6 Å². The third-order valence-electron chi connectivity index (χ3n) is 4.34. The van der Waals surface area contributed by atoms with Crippen LogP contribution in [0.2, 0.25) is 5.02 Å². The minimum absolute atomic E-state index is 0.108. The lowest BCUT2D eigenvalue weighted by molar-refractivity contribution is 0.101. The first-order valence-corrected chi connectivity index (χ1v) is 8.94. The second-order valence-corrected chi connectivity index (χ2v) is 6.68. The largest absolute Gasteiger partial charge is 0.349 e. The Balaban J connectivity index is 1.79. The van der Waals surface area contributed by atoms with Crippen LogP contribution in [0.1, 0.15) is 10.5 Å². The molecule has 0 bridgehead atoms. The van der Waals surface area contributed by atoms with Gasteiger partial charge in [0.05, 0.1) is 17.1 Å². The smallest absolute Gasteiger partial charge is 0.274 e. The summed E-state index contributed by atoms with van der Waals surface area (Å²) >= 11 is 5.98. The molecule has 1 N–H and O–H groups in total. The van der Waals surface area contributed by atoms with Gasteiger partial charge in [-0.2, -0.15) is 5.10 Å². The van der Waals surface area contributed by atoms with E-state index in [0.717, 1.165) is 5.69 Å². The molecule has 0 aliphatic heterocycles. The quantitative estimate of drug-likeness (QED) is 0.534. The van der Waals surface area contributed by atoms with Crippen LogP contribution in [0.25, 0.3) is 17.1 Å². The van der Waals surface area contributed by atoms with Gasteiger partial charge < -0.3 is 9.88 Å². The maximum Gasteiger partial charge on any atom is 0.274 e. The molecule has 2 aromatic carbocycles. The molecule has 5 nitrogen and oxygen atoms in total. The highest BCUT2D eigenvalue weighted by atomic mass is 35.5. The van der Waals surface area contributed by atoms with Crippen molar-refractivity contribution in [2.45, 2.75) is 0 Å². The number of aromatic nitrogens is 3. The Morgan fingerprint density at radius 3 is 2.50 bits per heavy atom. The fourth-order valence-corrected chi connectivity index (χ4v) is 3.05. The van der Waals surface area contributed by atoms with Crippen LogP contribution in [0, 0.1) is 5.82 Å². The number of hydrogen-bond donors (Lipinski definition) is 1. The number of anilines is 1. The summed E-state index contributed by atoms with van der Waals surface area (Å²) in [6.45, 7) is 0. The van der Waals surface area contributed by atoms with E-state index in [-0.39, 0.29) is 11.4 Å². The van der Waals surface area contributed by atoms with Gasteiger partial charge in [-0.15, -0.1) is 0 Å². The minimum atomic E-state index is -0.504. The number of hydrogen-bond acceptors (Lipinski definition) is 2. The molecule has 0 saturated carbocycles. The fraction of sp³-hybridized carbons (Fsp3) is 0.0476. The molecule has 0 fully saturated rings. The Kier molecular flexibility index (Phi) is 4.71. The molecule has 1 amide bonds. The van der Waals surface area contributed by atoms with Crippen molar-refractivity contribution in [1.29, 1.82) is 0 Å². The molecule has 28 heavy (non-hydrogen) atoms. The summed E-state index contributed by atoms with van der Waals surface area (Å²) in [7, 11) is 1.90. The summed E-state index contributed by atoms with van der Waals surface area (Å²) in [4.78, 5) is 12.9. The van der Waals surface area contributed by atoms with Gasteiger partial charge in [0.2, 0.25) is 0 Å². The number of aryl methyl sites for hydroxylation is 1. The van der Waals surface area contributed by atoms with E-state index in [1.54, 1.807) is 42.5 Å². The Labute approximate surface area is 166 Å². The predicted molar refractivity (Wildman–Crippen MR) is 107 cm³/mol. The topological polar surface area (TPSA) is 51.9 Å². The van der Waals surface area contributed by atoms with Crippen LogP contribution in [0.4, 0.5) is 10.1 Å². The molecule has 4 aromatic rings. The van der Waals surface area contributed by atoms with Gasteiger partial charge in [0.15, 0.2) is 0 Å². The average molecular weight is 395 g/mol. The van der Waals surface area contributed by atoms with E-state index in [4.69, 9.17) is 11.6 Å². The van der Waals surface area contributed by atoms with E-state index < -0.39 is 11.7 Å². The van der Waals surface area contributed by atoms with E-state index in [9.17, 15) is 9.18 Å². The zero-order valence-electron chi connectivity index (χ0n) is 14.9. The van der Waals surface area contributed by atoms with E-state index in [1.807, 2.05) is 29.9 Å². The van der Waals surface area contributed by atoms with Crippen LogP contribution in [0.5, 0.6) is 0 Å². The van der Waals surface area contributed by atoms with Crippen LogP contribution < -0.4 is 5.32 Å². The van der Waals surface area contributed by atoms with Crippen molar-refractivity contribution in [1.82, 2.24) is 14.3 Å². The molecule has 4 rings (SSSR count). The first-order valence-electron chi connectivity index (χ1n) is 8.56. The highest BCUT2D eigenvalue weighted by Crippen LogP contribution is 2.24. The summed E-state index contributed by atoms with van der Waals surface area (Å²) in [5, 5.41) is 7.79. The molecule has 0 saturated heterocycles.